The van der Waals surface area contributed by atoms with E-state index in [0.717, 1.165) is 25.6 Å². The number of nitrogens with one attached hydrogen (secondary N) is 2. The minimum Gasteiger partial charge on any atom is -0.357 e. The second-order valence-electron chi connectivity index (χ2n) is 8.13. The predicted octanol–water partition coefficient (Wildman–Crippen LogP) is 3.16. The van der Waals surface area contributed by atoms with Crippen molar-refractivity contribution >= 4 is 39.8 Å². The van der Waals surface area contributed by atoms with Gasteiger partial charge in [-0.25, -0.2) is 17.8 Å². The number of rotatable bonds is 8. The summed E-state index contributed by atoms with van der Waals surface area (Å²) in [7, 11) is -3.21. The van der Waals surface area contributed by atoms with Crippen LogP contribution in [0.1, 0.15) is 44.7 Å². The van der Waals surface area contributed by atoms with Gasteiger partial charge in [0, 0.05) is 25.4 Å². The summed E-state index contributed by atoms with van der Waals surface area (Å²) in [5.41, 5.74) is 1.18. The molecule has 0 bridgehead atoms. The summed E-state index contributed by atoms with van der Waals surface area (Å²) in [5.74, 6) is 0.947. The van der Waals surface area contributed by atoms with Crippen molar-refractivity contribution in [2.45, 2.75) is 52.0 Å². The van der Waals surface area contributed by atoms with Crippen LogP contribution in [0.15, 0.2) is 23.2 Å². The van der Waals surface area contributed by atoms with Crippen LogP contribution in [0.4, 0.5) is 4.39 Å². The fraction of sp³-hybridized carbons (Fsp3) is 0.667. The molecule has 0 spiro atoms. The van der Waals surface area contributed by atoms with Gasteiger partial charge in [0.25, 0.3) is 0 Å². The molecule has 0 radical (unpaired) electrons. The van der Waals surface area contributed by atoms with Crippen molar-refractivity contribution in [1.29, 1.82) is 0 Å². The van der Waals surface area contributed by atoms with Crippen molar-refractivity contribution in [2.75, 3.05) is 32.4 Å². The van der Waals surface area contributed by atoms with Crippen molar-refractivity contribution < 1.29 is 12.8 Å². The van der Waals surface area contributed by atoms with Gasteiger partial charge in [0.05, 0.1) is 12.3 Å². The average Bonchev–Trinajstić information content (AvgIpc) is 2.65. The first kappa shape index (κ1) is 27.1. The normalized spacial score (nSPS) is 17.3. The van der Waals surface area contributed by atoms with Crippen LogP contribution in [0.2, 0.25) is 0 Å². The number of benzene rings is 1. The molecule has 9 heteroatoms. The standard InChI is InChI=1S/C21H35FN4O2S.HI/c1-5-23-21(24-13-17(3)26-10-8-16(2)9-11-26)25-14-19-12-20(22)7-6-18(19)15-29(4,27)28;/h6-7,12,16-17H,5,8-11,13-15H2,1-4H3,(H2,23,24,25);1H. The molecule has 1 atom stereocenters. The van der Waals surface area contributed by atoms with E-state index in [4.69, 9.17) is 0 Å². The zero-order valence-corrected chi connectivity index (χ0v) is 21.6. The number of likely N-dealkylation sites (tertiary alicyclic amines) is 1. The Kier molecular flexibility index (Phi) is 11.6. The van der Waals surface area contributed by atoms with Crippen LogP contribution in [-0.4, -0.2) is 57.8 Å². The molecule has 1 aromatic rings. The predicted molar refractivity (Wildman–Crippen MR) is 133 cm³/mol. The highest BCUT2D eigenvalue weighted by atomic mass is 127. The van der Waals surface area contributed by atoms with E-state index in [-0.39, 0.29) is 36.3 Å². The highest BCUT2D eigenvalue weighted by molar-refractivity contribution is 14.0. The summed E-state index contributed by atoms with van der Waals surface area (Å²) in [4.78, 5) is 7.05. The third-order valence-electron chi connectivity index (χ3n) is 5.34. The molecule has 1 unspecified atom stereocenters. The third kappa shape index (κ3) is 9.47. The highest BCUT2D eigenvalue weighted by Gasteiger charge is 2.20. The Bertz CT molecular complexity index is 796. The van der Waals surface area contributed by atoms with Crippen LogP contribution in [-0.2, 0) is 22.1 Å². The summed E-state index contributed by atoms with van der Waals surface area (Å²) >= 11 is 0. The lowest BCUT2D eigenvalue weighted by molar-refractivity contribution is 0.147. The first-order valence-corrected chi connectivity index (χ1v) is 12.4. The summed E-state index contributed by atoms with van der Waals surface area (Å²) in [6.45, 7) is 10.4. The van der Waals surface area contributed by atoms with Crippen LogP contribution in [0.3, 0.4) is 0 Å². The van der Waals surface area contributed by atoms with E-state index < -0.39 is 15.7 Å². The number of piperidine rings is 1. The van der Waals surface area contributed by atoms with Crippen molar-refractivity contribution in [3.63, 3.8) is 0 Å². The molecule has 1 heterocycles. The van der Waals surface area contributed by atoms with Gasteiger partial charge in [-0.1, -0.05) is 13.0 Å². The number of guanidine groups is 1. The molecule has 1 aliphatic rings. The monoisotopic (exact) mass is 554 g/mol. The number of halogens is 2. The molecule has 30 heavy (non-hydrogen) atoms. The smallest absolute Gasteiger partial charge is 0.191 e. The number of hydrogen-bond donors (Lipinski definition) is 2. The van der Waals surface area contributed by atoms with Crippen LogP contribution in [0.25, 0.3) is 0 Å². The van der Waals surface area contributed by atoms with Gasteiger partial charge in [0.15, 0.2) is 15.8 Å². The first-order chi connectivity index (χ1) is 13.7. The number of sulfone groups is 1. The van der Waals surface area contributed by atoms with Gasteiger partial charge in [-0.05, 0) is 69.0 Å². The van der Waals surface area contributed by atoms with Gasteiger partial charge in [0.1, 0.15) is 5.82 Å². The van der Waals surface area contributed by atoms with E-state index in [1.165, 1.54) is 37.3 Å². The van der Waals surface area contributed by atoms with E-state index in [2.05, 4.69) is 34.4 Å². The molecule has 1 aliphatic heterocycles. The SMILES string of the molecule is CCNC(=NCc1cc(F)ccc1CS(C)(=O)=O)NCC(C)N1CCC(C)CC1.I. The maximum absolute atomic E-state index is 13.7. The Hall–Kier alpha value is -0.940. The molecule has 2 N–H and O–H groups in total. The van der Waals surface area contributed by atoms with E-state index >= 15 is 0 Å². The van der Waals surface area contributed by atoms with Gasteiger partial charge < -0.3 is 10.6 Å². The molecule has 0 aromatic heterocycles. The fourth-order valence-electron chi connectivity index (χ4n) is 3.51. The second-order valence-corrected chi connectivity index (χ2v) is 10.3. The minimum atomic E-state index is -3.21. The molecule has 6 nitrogen and oxygen atoms in total. The van der Waals surface area contributed by atoms with E-state index in [9.17, 15) is 12.8 Å². The number of aliphatic imine (C=N–C) groups is 1. The van der Waals surface area contributed by atoms with E-state index in [1.54, 1.807) is 0 Å². The van der Waals surface area contributed by atoms with Crippen molar-refractivity contribution in [2.24, 2.45) is 10.9 Å². The molecule has 172 valence electrons. The molecule has 0 saturated carbocycles. The zero-order chi connectivity index (χ0) is 21.4. The fourth-order valence-corrected chi connectivity index (χ4v) is 4.36. The number of nitrogens with zero attached hydrogens (tertiary/aromatic N) is 2. The quantitative estimate of drug-likeness (QED) is 0.294. The lowest BCUT2D eigenvalue weighted by Crippen LogP contribution is -2.48. The molecule has 1 fully saturated rings. The second kappa shape index (κ2) is 12.8. The lowest BCUT2D eigenvalue weighted by Gasteiger charge is -2.35. The Morgan fingerprint density at radius 2 is 1.93 bits per heavy atom. The van der Waals surface area contributed by atoms with Crippen molar-refractivity contribution in [3.8, 4) is 0 Å². The molecule has 2 rings (SSSR count). The highest BCUT2D eigenvalue weighted by Crippen LogP contribution is 2.18. The Labute approximate surface area is 198 Å². The van der Waals surface area contributed by atoms with Crippen molar-refractivity contribution in [3.05, 3.63) is 35.1 Å². The average molecular weight is 555 g/mol. The maximum Gasteiger partial charge on any atom is 0.191 e. The largest absolute Gasteiger partial charge is 0.357 e. The van der Waals surface area contributed by atoms with Crippen LogP contribution < -0.4 is 10.6 Å². The summed E-state index contributed by atoms with van der Waals surface area (Å²) < 4.78 is 37.0. The summed E-state index contributed by atoms with van der Waals surface area (Å²) in [6.07, 6.45) is 3.65. The van der Waals surface area contributed by atoms with Gasteiger partial charge in [-0.3, -0.25) is 4.90 Å². The Balaban J connectivity index is 0.00000450. The molecule has 0 aliphatic carbocycles. The minimum absolute atomic E-state index is 0. The zero-order valence-electron chi connectivity index (χ0n) is 18.4. The topological polar surface area (TPSA) is 73.8 Å². The third-order valence-corrected chi connectivity index (χ3v) is 6.18. The Morgan fingerprint density at radius 1 is 1.27 bits per heavy atom. The van der Waals surface area contributed by atoms with Gasteiger partial charge >= 0.3 is 0 Å². The van der Waals surface area contributed by atoms with Crippen LogP contribution >= 0.6 is 24.0 Å². The summed E-state index contributed by atoms with van der Waals surface area (Å²) in [6, 6.07) is 4.58. The molecular weight excluding hydrogens is 518 g/mol. The van der Waals surface area contributed by atoms with E-state index in [0.29, 0.717) is 29.7 Å². The van der Waals surface area contributed by atoms with Gasteiger partial charge in [-0.2, -0.15) is 0 Å². The summed E-state index contributed by atoms with van der Waals surface area (Å²) in [5, 5.41) is 6.58. The van der Waals surface area contributed by atoms with Crippen molar-refractivity contribution in [1.82, 2.24) is 15.5 Å². The maximum atomic E-state index is 13.7. The molecular formula is C21H36FIN4O2S. The molecule has 0 amide bonds. The molecule has 1 aromatic carbocycles. The van der Waals surface area contributed by atoms with Gasteiger partial charge in [-0.15, -0.1) is 24.0 Å². The van der Waals surface area contributed by atoms with Crippen LogP contribution in [0.5, 0.6) is 0 Å². The van der Waals surface area contributed by atoms with Gasteiger partial charge in [0.2, 0.25) is 0 Å². The van der Waals surface area contributed by atoms with E-state index in [1.807, 2.05) is 6.92 Å². The van der Waals surface area contributed by atoms with Crippen LogP contribution in [0, 0.1) is 11.7 Å². The molecule has 1 saturated heterocycles. The first-order valence-electron chi connectivity index (χ1n) is 10.4. The Morgan fingerprint density at radius 3 is 2.53 bits per heavy atom. The lowest BCUT2D eigenvalue weighted by atomic mass is 9.98. The number of hydrogen-bond acceptors (Lipinski definition) is 4.